The monoisotopic (exact) mass is 255 g/mol. The molecule has 5 heteroatoms. The minimum atomic E-state index is -0.931. The Labute approximate surface area is 106 Å². The quantitative estimate of drug-likeness (QED) is 0.847. The minimum Gasteiger partial charge on any atom is -0.496 e. The van der Waals surface area contributed by atoms with Crippen LogP contribution in [-0.2, 0) is 4.79 Å². The third-order valence-electron chi connectivity index (χ3n) is 2.94. The first-order valence-electron chi connectivity index (χ1n) is 5.79. The van der Waals surface area contributed by atoms with Crippen LogP contribution in [0.1, 0.15) is 25.5 Å². The zero-order valence-electron chi connectivity index (χ0n) is 10.8. The first-order valence-corrected chi connectivity index (χ1v) is 5.79. The Morgan fingerprint density at radius 2 is 2.22 bits per heavy atom. The average Bonchev–Trinajstić information content (AvgIpc) is 2.34. The summed E-state index contributed by atoms with van der Waals surface area (Å²) in [5, 5.41) is 8.84. The van der Waals surface area contributed by atoms with E-state index in [9.17, 15) is 9.18 Å². The van der Waals surface area contributed by atoms with E-state index < -0.39 is 5.97 Å². The molecule has 0 aliphatic carbocycles. The Kier molecular flexibility index (Phi) is 5.09. The molecule has 0 saturated carbocycles. The number of carbonyl (C=O) groups is 1. The van der Waals surface area contributed by atoms with Gasteiger partial charge in [-0.1, -0.05) is 13.0 Å². The number of methoxy groups -OCH3 is 1. The van der Waals surface area contributed by atoms with Gasteiger partial charge in [-0.25, -0.2) is 4.39 Å². The van der Waals surface area contributed by atoms with Crippen LogP contribution in [0.3, 0.4) is 0 Å². The Balaban J connectivity index is 3.07. The summed E-state index contributed by atoms with van der Waals surface area (Å²) in [7, 11) is 1.47. The number of benzene rings is 1. The van der Waals surface area contributed by atoms with Crippen LogP contribution in [0, 0.1) is 5.82 Å². The van der Waals surface area contributed by atoms with Gasteiger partial charge in [-0.3, -0.25) is 9.69 Å². The van der Waals surface area contributed by atoms with Crippen LogP contribution >= 0.6 is 0 Å². The predicted octanol–water partition coefficient (Wildman–Crippen LogP) is 2.30. The lowest BCUT2D eigenvalue weighted by molar-refractivity contribution is -0.138. The molecule has 0 fully saturated rings. The number of aliphatic carboxylic acids is 1. The maximum atomic E-state index is 13.9. The van der Waals surface area contributed by atoms with Crippen molar-refractivity contribution in [3.8, 4) is 5.75 Å². The molecular formula is C13H18FNO3. The second kappa shape index (κ2) is 6.35. The van der Waals surface area contributed by atoms with E-state index in [1.807, 2.05) is 6.92 Å². The summed E-state index contributed by atoms with van der Waals surface area (Å²) >= 11 is 0. The molecule has 1 rings (SSSR count). The number of rotatable bonds is 6. The van der Waals surface area contributed by atoms with Crippen LogP contribution in [0.4, 0.5) is 4.39 Å². The first kappa shape index (κ1) is 14.4. The smallest absolute Gasteiger partial charge is 0.317 e. The number of carboxylic acid groups (broad SMARTS) is 1. The third-order valence-corrected chi connectivity index (χ3v) is 2.94. The van der Waals surface area contributed by atoms with E-state index in [1.54, 1.807) is 24.0 Å². The van der Waals surface area contributed by atoms with Gasteiger partial charge >= 0.3 is 5.97 Å². The molecule has 18 heavy (non-hydrogen) atoms. The van der Waals surface area contributed by atoms with E-state index in [0.29, 0.717) is 17.9 Å². The van der Waals surface area contributed by atoms with E-state index in [2.05, 4.69) is 0 Å². The van der Waals surface area contributed by atoms with Gasteiger partial charge in [0.1, 0.15) is 11.6 Å². The van der Waals surface area contributed by atoms with Crippen molar-refractivity contribution in [2.24, 2.45) is 0 Å². The maximum Gasteiger partial charge on any atom is 0.317 e. The fourth-order valence-corrected chi connectivity index (χ4v) is 1.98. The highest BCUT2D eigenvalue weighted by molar-refractivity contribution is 5.69. The molecule has 0 spiro atoms. The Bertz CT molecular complexity index is 423. The molecule has 100 valence electrons. The van der Waals surface area contributed by atoms with Crippen molar-refractivity contribution < 1.29 is 19.0 Å². The predicted molar refractivity (Wildman–Crippen MR) is 66.2 cm³/mol. The number of halogens is 1. The normalized spacial score (nSPS) is 12.5. The molecule has 0 aromatic heterocycles. The zero-order valence-corrected chi connectivity index (χ0v) is 10.8. The van der Waals surface area contributed by atoms with Crippen molar-refractivity contribution >= 4 is 5.97 Å². The number of carboxylic acids is 1. The lowest BCUT2D eigenvalue weighted by atomic mass is 10.0. The third kappa shape index (κ3) is 3.20. The SMILES string of the molecule is CCN(CC(=O)O)C(C)c1c(F)cccc1OC. The van der Waals surface area contributed by atoms with Crippen LogP contribution in [0.15, 0.2) is 18.2 Å². The van der Waals surface area contributed by atoms with Gasteiger partial charge in [0.15, 0.2) is 0 Å². The van der Waals surface area contributed by atoms with Crippen molar-refractivity contribution in [2.75, 3.05) is 20.2 Å². The molecule has 1 aromatic rings. The summed E-state index contributed by atoms with van der Waals surface area (Å²) in [5.41, 5.74) is 0.392. The second-order valence-corrected chi connectivity index (χ2v) is 3.99. The van der Waals surface area contributed by atoms with E-state index in [4.69, 9.17) is 9.84 Å². The van der Waals surface area contributed by atoms with Crippen LogP contribution in [-0.4, -0.2) is 36.2 Å². The molecule has 1 N–H and O–H groups in total. The fourth-order valence-electron chi connectivity index (χ4n) is 1.98. The molecule has 0 amide bonds. The van der Waals surface area contributed by atoms with Gasteiger partial charge in [-0.05, 0) is 25.6 Å². The molecule has 0 aliphatic rings. The van der Waals surface area contributed by atoms with Crippen molar-refractivity contribution in [1.82, 2.24) is 4.90 Å². The second-order valence-electron chi connectivity index (χ2n) is 3.99. The molecule has 1 aromatic carbocycles. The number of hydrogen-bond acceptors (Lipinski definition) is 3. The number of likely N-dealkylation sites (N-methyl/N-ethyl adjacent to an activating group) is 1. The van der Waals surface area contributed by atoms with Crippen LogP contribution in [0.25, 0.3) is 0 Å². The summed E-state index contributed by atoms with van der Waals surface area (Å²) in [4.78, 5) is 12.4. The lowest BCUT2D eigenvalue weighted by Crippen LogP contribution is -2.32. The minimum absolute atomic E-state index is 0.130. The van der Waals surface area contributed by atoms with Crippen LogP contribution in [0.2, 0.25) is 0 Å². The maximum absolute atomic E-state index is 13.9. The van der Waals surface area contributed by atoms with Gasteiger partial charge < -0.3 is 9.84 Å². The standard InChI is InChI=1S/C13H18FNO3/c1-4-15(8-12(16)17)9(2)13-10(14)6-5-7-11(13)18-3/h5-7,9H,4,8H2,1-3H3,(H,16,17). The molecule has 0 bridgehead atoms. The van der Waals surface area contributed by atoms with Crippen molar-refractivity contribution in [1.29, 1.82) is 0 Å². The number of nitrogens with zero attached hydrogens (tertiary/aromatic N) is 1. The summed E-state index contributed by atoms with van der Waals surface area (Å²) < 4.78 is 19.0. The summed E-state index contributed by atoms with van der Waals surface area (Å²) in [6.07, 6.45) is 0. The molecule has 1 unspecified atom stereocenters. The molecule has 0 aliphatic heterocycles. The Hall–Kier alpha value is -1.62. The van der Waals surface area contributed by atoms with E-state index in [0.717, 1.165) is 0 Å². The number of ether oxygens (including phenoxy) is 1. The van der Waals surface area contributed by atoms with Gasteiger partial charge in [0.2, 0.25) is 0 Å². The first-order chi connectivity index (χ1) is 8.51. The molecule has 4 nitrogen and oxygen atoms in total. The molecule has 0 saturated heterocycles. The summed E-state index contributed by atoms with van der Waals surface area (Å²) in [6.45, 7) is 4.00. The van der Waals surface area contributed by atoms with Crippen molar-refractivity contribution in [2.45, 2.75) is 19.9 Å². The Morgan fingerprint density at radius 3 is 2.72 bits per heavy atom. The van der Waals surface area contributed by atoms with Gasteiger partial charge in [0.25, 0.3) is 0 Å². The average molecular weight is 255 g/mol. The zero-order chi connectivity index (χ0) is 13.7. The van der Waals surface area contributed by atoms with Crippen LogP contribution in [0.5, 0.6) is 5.75 Å². The van der Waals surface area contributed by atoms with Crippen molar-refractivity contribution in [3.05, 3.63) is 29.6 Å². The van der Waals surface area contributed by atoms with Gasteiger partial charge in [-0.15, -0.1) is 0 Å². The van der Waals surface area contributed by atoms with Gasteiger partial charge in [0.05, 0.1) is 13.7 Å². The number of hydrogen-bond donors (Lipinski definition) is 1. The van der Waals surface area contributed by atoms with Gasteiger partial charge in [-0.2, -0.15) is 0 Å². The highest BCUT2D eigenvalue weighted by Gasteiger charge is 2.23. The molecular weight excluding hydrogens is 237 g/mol. The van der Waals surface area contributed by atoms with E-state index in [-0.39, 0.29) is 18.4 Å². The summed E-state index contributed by atoms with van der Waals surface area (Å²) in [6, 6.07) is 4.23. The molecule has 1 atom stereocenters. The van der Waals surface area contributed by atoms with Crippen molar-refractivity contribution in [3.63, 3.8) is 0 Å². The fraction of sp³-hybridized carbons (Fsp3) is 0.462. The highest BCUT2D eigenvalue weighted by Crippen LogP contribution is 2.31. The Morgan fingerprint density at radius 1 is 1.56 bits per heavy atom. The topological polar surface area (TPSA) is 49.8 Å². The summed E-state index contributed by atoms with van der Waals surface area (Å²) in [5.74, 6) is -0.879. The lowest BCUT2D eigenvalue weighted by Gasteiger charge is -2.27. The van der Waals surface area contributed by atoms with Crippen LogP contribution < -0.4 is 4.74 Å². The van der Waals surface area contributed by atoms with E-state index >= 15 is 0 Å². The highest BCUT2D eigenvalue weighted by atomic mass is 19.1. The van der Waals surface area contributed by atoms with Gasteiger partial charge in [0, 0.05) is 11.6 Å². The molecule has 0 heterocycles. The molecule has 0 radical (unpaired) electrons. The van der Waals surface area contributed by atoms with E-state index in [1.165, 1.54) is 13.2 Å². The largest absolute Gasteiger partial charge is 0.496 e.